The summed E-state index contributed by atoms with van der Waals surface area (Å²) in [6, 6.07) is 10.2. The lowest BCUT2D eigenvalue weighted by Crippen LogP contribution is -2.28. The minimum atomic E-state index is -0.744. The molecule has 0 spiro atoms. The third kappa shape index (κ3) is 3.86. The average molecular weight is 395 g/mol. The van der Waals surface area contributed by atoms with E-state index < -0.39 is 6.10 Å². The van der Waals surface area contributed by atoms with Crippen LogP contribution in [0.1, 0.15) is 12.0 Å². The molecule has 8 heteroatoms. The molecule has 0 unspecified atom stereocenters. The number of hydrogen-bond acceptors (Lipinski definition) is 5. The number of nitrogens with one attached hydrogen (secondary N) is 1. The van der Waals surface area contributed by atoms with Gasteiger partial charge in [0.2, 0.25) is 6.10 Å². The van der Waals surface area contributed by atoms with Crippen LogP contribution in [-0.2, 0) is 9.63 Å². The Kier molecular flexibility index (Phi) is 5.54. The van der Waals surface area contributed by atoms with Gasteiger partial charge in [-0.2, -0.15) is 0 Å². The minimum absolute atomic E-state index is 0.290. The maximum Gasteiger partial charge on any atom is 0.268 e. The number of methoxy groups -OCH3 is 2. The number of oxime groups is 1. The molecule has 136 valence electrons. The molecule has 1 amide bonds. The lowest BCUT2D eigenvalue weighted by molar-refractivity contribution is -0.125. The molecule has 3 rings (SSSR count). The summed E-state index contributed by atoms with van der Waals surface area (Å²) in [6.45, 7) is 0. The maximum absolute atomic E-state index is 12.4. The molecule has 1 heterocycles. The van der Waals surface area contributed by atoms with Gasteiger partial charge in [-0.1, -0.05) is 28.4 Å². The van der Waals surface area contributed by atoms with Crippen molar-refractivity contribution in [1.82, 2.24) is 0 Å². The number of amides is 1. The topological polar surface area (TPSA) is 69.1 Å². The fourth-order valence-corrected chi connectivity index (χ4v) is 2.89. The van der Waals surface area contributed by atoms with Gasteiger partial charge in [0.1, 0.15) is 11.5 Å². The fraction of sp³-hybridized carbons (Fsp3) is 0.222. The van der Waals surface area contributed by atoms with Crippen LogP contribution in [0.2, 0.25) is 10.0 Å². The number of ether oxygens (including phenoxy) is 2. The predicted molar refractivity (Wildman–Crippen MR) is 101 cm³/mol. The molecule has 2 aromatic rings. The number of carbonyl (C=O) groups excluding carboxylic acids is 1. The summed E-state index contributed by atoms with van der Waals surface area (Å²) in [7, 11) is 3.06. The van der Waals surface area contributed by atoms with Crippen LogP contribution in [0, 0.1) is 0 Å². The Balaban J connectivity index is 1.72. The molecule has 1 N–H and O–H groups in total. The number of halogens is 2. The Morgan fingerprint density at radius 1 is 1.15 bits per heavy atom. The number of carbonyl (C=O) groups is 1. The highest BCUT2D eigenvalue weighted by atomic mass is 35.5. The predicted octanol–water partition coefficient (Wildman–Crippen LogP) is 4.14. The first-order chi connectivity index (χ1) is 12.5. The van der Waals surface area contributed by atoms with Gasteiger partial charge >= 0.3 is 0 Å². The standard InChI is InChI=1S/C18H16Cl2N2O4/c1-24-15-9-16(25-2)13(20)7-12(15)14-8-17(26-22-14)18(23)21-11-5-3-10(19)4-6-11/h3-7,9,17H,8H2,1-2H3,(H,21,23)/t17-/m1/s1. The van der Waals surface area contributed by atoms with Gasteiger partial charge in [0.25, 0.3) is 5.91 Å². The van der Waals surface area contributed by atoms with Crippen LogP contribution in [0.3, 0.4) is 0 Å². The maximum atomic E-state index is 12.4. The smallest absolute Gasteiger partial charge is 0.268 e. The van der Waals surface area contributed by atoms with E-state index in [1.54, 1.807) is 36.4 Å². The molecule has 0 aromatic heterocycles. The summed E-state index contributed by atoms with van der Waals surface area (Å²) in [4.78, 5) is 17.7. The second kappa shape index (κ2) is 7.85. The van der Waals surface area contributed by atoms with E-state index >= 15 is 0 Å². The van der Waals surface area contributed by atoms with E-state index in [-0.39, 0.29) is 5.91 Å². The quantitative estimate of drug-likeness (QED) is 0.826. The Labute approximate surface area is 160 Å². The Morgan fingerprint density at radius 2 is 1.85 bits per heavy atom. The molecule has 1 atom stereocenters. The summed E-state index contributed by atoms with van der Waals surface area (Å²) >= 11 is 12.0. The molecular formula is C18H16Cl2N2O4. The zero-order chi connectivity index (χ0) is 18.7. The van der Waals surface area contributed by atoms with Crippen molar-refractivity contribution in [3.05, 3.63) is 52.0 Å². The highest BCUT2D eigenvalue weighted by molar-refractivity contribution is 6.32. The molecule has 1 aliphatic rings. The first kappa shape index (κ1) is 18.4. The molecule has 0 radical (unpaired) electrons. The number of rotatable bonds is 5. The van der Waals surface area contributed by atoms with Crippen molar-refractivity contribution in [2.75, 3.05) is 19.5 Å². The van der Waals surface area contributed by atoms with Crippen LogP contribution in [-0.4, -0.2) is 31.9 Å². The lowest BCUT2D eigenvalue weighted by atomic mass is 10.0. The van der Waals surface area contributed by atoms with Crippen LogP contribution in [0.25, 0.3) is 0 Å². The van der Waals surface area contributed by atoms with Crippen molar-refractivity contribution in [2.45, 2.75) is 12.5 Å². The highest BCUT2D eigenvalue weighted by Crippen LogP contribution is 2.34. The molecule has 0 fully saturated rings. The van der Waals surface area contributed by atoms with E-state index in [0.29, 0.717) is 44.9 Å². The molecule has 2 aromatic carbocycles. The summed E-state index contributed by atoms with van der Waals surface area (Å²) in [5.41, 5.74) is 1.85. The van der Waals surface area contributed by atoms with Crippen molar-refractivity contribution in [2.24, 2.45) is 5.16 Å². The lowest BCUT2D eigenvalue weighted by Gasteiger charge is -2.12. The van der Waals surface area contributed by atoms with Crippen LogP contribution < -0.4 is 14.8 Å². The number of hydrogen-bond donors (Lipinski definition) is 1. The van der Waals surface area contributed by atoms with Gasteiger partial charge < -0.3 is 19.6 Å². The summed E-state index contributed by atoms with van der Waals surface area (Å²) < 4.78 is 10.6. The first-order valence-electron chi connectivity index (χ1n) is 7.73. The number of benzene rings is 2. The molecule has 26 heavy (non-hydrogen) atoms. The van der Waals surface area contributed by atoms with Crippen molar-refractivity contribution in [1.29, 1.82) is 0 Å². The van der Waals surface area contributed by atoms with Crippen LogP contribution >= 0.6 is 23.2 Å². The number of anilines is 1. The van der Waals surface area contributed by atoms with Crippen molar-refractivity contribution >= 4 is 40.5 Å². The van der Waals surface area contributed by atoms with E-state index in [1.165, 1.54) is 14.2 Å². The molecular weight excluding hydrogens is 379 g/mol. The normalized spacial score (nSPS) is 15.8. The fourth-order valence-electron chi connectivity index (χ4n) is 2.52. The Hall–Kier alpha value is -2.44. The first-order valence-corrected chi connectivity index (χ1v) is 8.48. The third-order valence-electron chi connectivity index (χ3n) is 3.86. The van der Waals surface area contributed by atoms with Gasteiger partial charge in [0.15, 0.2) is 0 Å². The van der Waals surface area contributed by atoms with Gasteiger partial charge in [-0.3, -0.25) is 4.79 Å². The van der Waals surface area contributed by atoms with Crippen LogP contribution in [0.5, 0.6) is 11.5 Å². The Bertz CT molecular complexity index is 853. The summed E-state index contributed by atoms with van der Waals surface area (Å²) in [5.74, 6) is 0.723. The van der Waals surface area contributed by atoms with Crippen molar-refractivity contribution in [3.8, 4) is 11.5 Å². The van der Waals surface area contributed by atoms with Crippen molar-refractivity contribution < 1.29 is 19.1 Å². The van der Waals surface area contributed by atoms with Gasteiger partial charge in [-0.15, -0.1) is 0 Å². The highest BCUT2D eigenvalue weighted by Gasteiger charge is 2.30. The van der Waals surface area contributed by atoms with Gasteiger partial charge in [-0.25, -0.2) is 0 Å². The molecule has 0 bridgehead atoms. The van der Waals surface area contributed by atoms with E-state index in [0.717, 1.165) is 0 Å². The van der Waals surface area contributed by atoms with Crippen molar-refractivity contribution in [3.63, 3.8) is 0 Å². The minimum Gasteiger partial charge on any atom is -0.496 e. The molecule has 0 aliphatic carbocycles. The average Bonchev–Trinajstić information content (AvgIpc) is 3.13. The molecule has 1 aliphatic heterocycles. The number of nitrogens with zero attached hydrogens (tertiary/aromatic N) is 1. The molecule has 6 nitrogen and oxygen atoms in total. The Morgan fingerprint density at radius 3 is 2.50 bits per heavy atom. The van der Waals surface area contributed by atoms with E-state index in [4.69, 9.17) is 37.5 Å². The SMILES string of the molecule is COc1cc(OC)c(C2=NO[C@@H](C(=O)Nc3ccc(Cl)cc3)C2)cc1Cl. The second-order valence-electron chi connectivity index (χ2n) is 5.52. The van der Waals surface area contributed by atoms with E-state index in [1.807, 2.05) is 0 Å². The van der Waals surface area contributed by atoms with Gasteiger partial charge in [-0.05, 0) is 30.3 Å². The molecule has 0 saturated heterocycles. The van der Waals surface area contributed by atoms with Gasteiger partial charge in [0.05, 0.1) is 25.0 Å². The van der Waals surface area contributed by atoms with Crippen LogP contribution in [0.15, 0.2) is 41.6 Å². The van der Waals surface area contributed by atoms with Gasteiger partial charge in [0, 0.05) is 28.8 Å². The summed E-state index contributed by atoms with van der Waals surface area (Å²) in [6.07, 6.45) is -0.454. The zero-order valence-corrected chi connectivity index (χ0v) is 15.6. The molecule has 0 saturated carbocycles. The monoisotopic (exact) mass is 394 g/mol. The summed E-state index contributed by atoms with van der Waals surface area (Å²) in [5, 5.41) is 7.80. The van der Waals surface area contributed by atoms with E-state index in [2.05, 4.69) is 10.5 Å². The van der Waals surface area contributed by atoms with E-state index in [9.17, 15) is 4.79 Å². The third-order valence-corrected chi connectivity index (χ3v) is 4.41. The zero-order valence-electron chi connectivity index (χ0n) is 14.1. The largest absolute Gasteiger partial charge is 0.496 e. The second-order valence-corrected chi connectivity index (χ2v) is 6.36. The van der Waals surface area contributed by atoms with Crippen LogP contribution in [0.4, 0.5) is 5.69 Å².